The van der Waals surface area contributed by atoms with Crippen LogP contribution in [0.25, 0.3) is 0 Å². The van der Waals surface area contributed by atoms with Crippen molar-refractivity contribution < 1.29 is 8.78 Å². The molecule has 1 saturated carbocycles. The van der Waals surface area contributed by atoms with Crippen LogP contribution >= 0.6 is 0 Å². The van der Waals surface area contributed by atoms with Gasteiger partial charge in [-0.1, -0.05) is 6.07 Å². The van der Waals surface area contributed by atoms with Crippen LogP contribution in [-0.2, 0) is 6.54 Å². The van der Waals surface area contributed by atoms with Crippen LogP contribution in [0.2, 0.25) is 0 Å². The Bertz CT molecular complexity index is 588. The zero-order valence-corrected chi connectivity index (χ0v) is 10.5. The molecule has 2 aromatic rings. The molecule has 0 amide bonds. The summed E-state index contributed by atoms with van der Waals surface area (Å²) >= 11 is 0. The van der Waals surface area contributed by atoms with Crippen molar-refractivity contribution in [3.8, 4) is 0 Å². The van der Waals surface area contributed by atoms with Crippen molar-refractivity contribution in [2.45, 2.75) is 25.4 Å². The first-order valence-corrected chi connectivity index (χ1v) is 6.48. The summed E-state index contributed by atoms with van der Waals surface area (Å²) in [7, 11) is 0. The second-order valence-electron chi connectivity index (χ2n) is 5.23. The first-order chi connectivity index (χ1) is 9.13. The fourth-order valence-electron chi connectivity index (χ4n) is 2.33. The molecule has 1 fully saturated rings. The van der Waals surface area contributed by atoms with Crippen LogP contribution < -0.4 is 5.73 Å². The molecule has 1 aliphatic carbocycles. The van der Waals surface area contributed by atoms with Crippen LogP contribution in [0.1, 0.15) is 30.0 Å². The molecule has 2 nitrogen and oxygen atoms in total. The van der Waals surface area contributed by atoms with Crippen molar-refractivity contribution >= 4 is 0 Å². The molecular formula is C15H16F2N2. The Kier molecular flexibility index (Phi) is 3.11. The van der Waals surface area contributed by atoms with E-state index < -0.39 is 11.6 Å². The van der Waals surface area contributed by atoms with Crippen LogP contribution in [0, 0.1) is 17.6 Å². The van der Waals surface area contributed by atoms with Gasteiger partial charge in [0.1, 0.15) is 0 Å². The first-order valence-electron chi connectivity index (χ1n) is 6.48. The van der Waals surface area contributed by atoms with E-state index in [0.29, 0.717) is 12.5 Å². The van der Waals surface area contributed by atoms with Crippen LogP contribution in [-0.4, -0.2) is 4.57 Å². The predicted octanol–water partition coefficient (Wildman–Crippen LogP) is 3.22. The number of hydrogen-bond acceptors (Lipinski definition) is 1. The van der Waals surface area contributed by atoms with E-state index in [-0.39, 0.29) is 6.04 Å². The van der Waals surface area contributed by atoms with Gasteiger partial charge in [-0.05, 0) is 48.1 Å². The van der Waals surface area contributed by atoms with Gasteiger partial charge in [-0.25, -0.2) is 8.78 Å². The maximum Gasteiger partial charge on any atom is 0.159 e. The van der Waals surface area contributed by atoms with Crippen molar-refractivity contribution in [3.05, 3.63) is 59.4 Å². The summed E-state index contributed by atoms with van der Waals surface area (Å²) in [5.74, 6) is -1.01. The Morgan fingerprint density at radius 2 is 2.00 bits per heavy atom. The zero-order valence-electron chi connectivity index (χ0n) is 10.5. The predicted molar refractivity (Wildman–Crippen MR) is 69.5 cm³/mol. The largest absolute Gasteiger partial charge is 0.350 e. The monoisotopic (exact) mass is 262 g/mol. The topological polar surface area (TPSA) is 30.9 Å². The highest BCUT2D eigenvalue weighted by Crippen LogP contribution is 2.39. The zero-order chi connectivity index (χ0) is 13.4. The molecule has 4 heteroatoms. The van der Waals surface area contributed by atoms with E-state index in [9.17, 15) is 8.78 Å². The van der Waals surface area contributed by atoms with Gasteiger partial charge in [0.2, 0.25) is 0 Å². The van der Waals surface area contributed by atoms with Crippen molar-refractivity contribution in [1.29, 1.82) is 0 Å². The molecular weight excluding hydrogens is 246 g/mol. The minimum atomic E-state index is -0.812. The summed E-state index contributed by atoms with van der Waals surface area (Å²) in [6.07, 6.45) is 6.33. The third-order valence-electron chi connectivity index (χ3n) is 3.64. The number of hydrogen-bond donors (Lipinski definition) is 1. The van der Waals surface area contributed by atoms with E-state index in [1.54, 1.807) is 6.07 Å². The van der Waals surface area contributed by atoms with E-state index in [2.05, 4.69) is 0 Å². The fourth-order valence-corrected chi connectivity index (χ4v) is 2.33. The molecule has 100 valence electrons. The molecule has 1 aliphatic rings. The standard InChI is InChI=1S/C15H16F2N2/c16-13-4-1-10(7-14(13)17)8-19-6-5-12(9-19)15(18)11-2-3-11/h1,4-7,9,11,15H,2-3,8,18H2. The lowest BCUT2D eigenvalue weighted by atomic mass is 10.1. The average molecular weight is 262 g/mol. The van der Waals surface area contributed by atoms with Crippen LogP contribution in [0.4, 0.5) is 8.78 Å². The van der Waals surface area contributed by atoms with Crippen molar-refractivity contribution in [2.24, 2.45) is 11.7 Å². The van der Waals surface area contributed by atoms with E-state index >= 15 is 0 Å². The Morgan fingerprint density at radius 3 is 2.68 bits per heavy atom. The lowest BCUT2D eigenvalue weighted by molar-refractivity contribution is 0.506. The van der Waals surface area contributed by atoms with Gasteiger partial charge < -0.3 is 10.3 Å². The molecule has 3 rings (SSSR count). The molecule has 0 saturated heterocycles. The highest BCUT2D eigenvalue weighted by atomic mass is 19.2. The molecule has 0 bridgehead atoms. The summed E-state index contributed by atoms with van der Waals surface area (Å²) < 4.78 is 27.9. The Morgan fingerprint density at radius 1 is 1.21 bits per heavy atom. The van der Waals surface area contributed by atoms with Gasteiger partial charge in [-0.3, -0.25) is 0 Å². The maximum absolute atomic E-state index is 13.1. The third kappa shape index (κ3) is 2.68. The van der Waals surface area contributed by atoms with Gasteiger partial charge in [0, 0.05) is 25.0 Å². The maximum atomic E-state index is 13.1. The molecule has 1 aromatic heterocycles. The third-order valence-corrected chi connectivity index (χ3v) is 3.64. The molecule has 1 unspecified atom stereocenters. The van der Waals surface area contributed by atoms with E-state index in [1.165, 1.54) is 18.9 Å². The van der Waals surface area contributed by atoms with Crippen LogP contribution in [0.15, 0.2) is 36.7 Å². The molecule has 19 heavy (non-hydrogen) atoms. The van der Waals surface area contributed by atoms with Gasteiger partial charge in [0.25, 0.3) is 0 Å². The smallest absolute Gasteiger partial charge is 0.159 e. The SMILES string of the molecule is NC(c1ccn(Cc2ccc(F)c(F)c2)c1)C1CC1. The summed E-state index contributed by atoms with van der Waals surface area (Å²) in [6.45, 7) is 0.522. The summed E-state index contributed by atoms with van der Waals surface area (Å²) in [5.41, 5.74) is 7.98. The normalized spacial score (nSPS) is 16.6. The molecule has 2 N–H and O–H groups in total. The minimum Gasteiger partial charge on any atom is -0.350 e. The number of benzene rings is 1. The number of rotatable bonds is 4. The highest BCUT2D eigenvalue weighted by molar-refractivity contribution is 5.21. The van der Waals surface area contributed by atoms with Crippen LogP contribution in [0.3, 0.4) is 0 Å². The van der Waals surface area contributed by atoms with Gasteiger partial charge in [0.15, 0.2) is 11.6 Å². The number of nitrogens with zero attached hydrogens (tertiary/aromatic N) is 1. The summed E-state index contributed by atoms with van der Waals surface area (Å²) in [4.78, 5) is 0. The van der Waals surface area contributed by atoms with E-state index in [4.69, 9.17) is 5.73 Å². The Labute approximate surface area is 110 Å². The molecule has 1 atom stereocenters. The van der Waals surface area contributed by atoms with Crippen molar-refractivity contribution in [1.82, 2.24) is 4.57 Å². The van der Waals surface area contributed by atoms with Crippen LogP contribution in [0.5, 0.6) is 0 Å². The first kappa shape index (κ1) is 12.4. The minimum absolute atomic E-state index is 0.103. The average Bonchev–Trinajstić information content (AvgIpc) is 3.14. The lowest BCUT2D eigenvalue weighted by Gasteiger charge is -2.07. The van der Waals surface area contributed by atoms with Gasteiger partial charge in [-0.2, -0.15) is 0 Å². The quantitative estimate of drug-likeness (QED) is 0.901. The van der Waals surface area contributed by atoms with E-state index in [1.807, 2.05) is 23.0 Å². The second kappa shape index (κ2) is 4.78. The number of nitrogens with two attached hydrogens (primary N) is 1. The molecule has 0 aliphatic heterocycles. The molecule has 1 aromatic carbocycles. The molecule has 0 radical (unpaired) electrons. The Hall–Kier alpha value is -1.68. The Balaban J connectivity index is 1.74. The van der Waals surface area contributed by atoms with Gasteiger partial charge in [0.05, 0.1) is 0 Å². The second-order valence-corrected chi connectivity index (χ2v) is 5.23. The number of aromatic nitrogens is 1. The highest BCUT2D eigenvalue weighted by Gasteiger charge is 2.29. The number of halogens is 2. The van der Waals surface area contributed by atoms with Crippen molar-refractivity contribution in [2.75, 3.05) is 0 Å². The summed E-state index contributed by atoms with van der Waals surface area (Å²) in [5, 5.41) is 0. The van der Waals surface area contributed by atoms with E-state index in [0.717, 1.165) is 17.2 Å². The molecule has 0 spiro atoms. The van der Waals surface area contributed by atoms with Crippen molar-refractivity contribution in [3.63, 3.8) is 0 Å². The summed E-state index contributed by atoms with van der Waals surface area (Å²) in [6, 6.07) is 6.09. The fraction of sp³-hybridized carbons (Fsp3) is 0.333. The van der Waals surface area contributed by atoms with Gasteiger partial charge >= 0.3 is 0 Å². The lowest BCUT2D eigenvalue weighted by Crippen LogP contribution is -2.11. The molecule has 1 heterocycles. The van der Waals surface area contributed by atoms with Gasteiger partial charge in [-0.15, -0.1) is 0 Å².